The van der Waals surface area contributed by atoms with Gasteiger partial charge in [0.25, 0.3) is 5.91 Å². The van der Waals surface area contributed by atoms with E-state index >= 15 is 0 Å². The van der Waals surface area contributed by atoms with Gasteiger partial charge in [-0.2, -0.15) is 0 Å². The molecule has 8 nitrogen and oxygen atoms in total. The summed E-state index contributed by atoms with van der Waals surface area (Å²) < 4.78 is 5.90. The monoisotopic (exact) mass is 345 g/mol. The summed E-state index contributed by atoms with van der Waals surface area (Å²) in [4.78, 5) is 39.7. The minimum absolute atomic E-state index is 0.113. The van der Waals surface area contributed by atoms with Gasteiger partial charge in [-0.1, -0.05) is 0 Å². The fraction of sp³-hybridized carbons (Fsp3) is 0.471. The van der Waals surface area contributed by atoms with Gasteiger partial charge in [-0.15, -0.1) is 0 Å². The molecule has 0 aliphatic carbocycles. The van der Waals surface area contributed by atoms with E-state index in [9.17, 15) is 19.5 Å². The summed E-state index contributed by atoms with van der Waals surface area (Å²) >= 11 is 0. The van der Waals surface area contributed by atoms with E-state index in [1.807, 2.05) is 18.0 Å². The van der Waals surface area contributed by atoms with Gasteiger partial charge < -0.3 is 19.6 Å². The summed E-state index contributed by atoms with van der Waals surface area (Å²) in [5.74, 6) is -0.380. The Kier molecular flexibility index (Phi) is 3.64. The second-order valence-electron chi connectivity index (χ2n) is 6.64. The fourth-order valence-corrected chi connectivity index (χ4v) is 3.74. The van der Waals surface area contributed by atoms with Crippen LogP contribution in [-0.4, -0.2) is 60.1 Å². The number of ether oxygens (including phenoxy) is 1. The van der Waals surface area contributed by atoms with E-state index in [-0.39, 0.29) is 37.5 Å². The zero-order chi connectivity index (χ0) is 17.7. The highest BCUT2D eigenvalue weighted by Gasteiger charge is 2.41. The number of nitrogens with one attached hydrogen (secondary N) is 1. The molecule has 2 atom stereocenters. The molecule has 0 aromatic heterocycles. The predicted molar refractivity (Wildman–Crippen MR) is 87.3 cm³/mol. The average Bonchev–Trinajstić information content (AvgIpc) is 2.92. The summed E-state index contributed by atoms with van der Waals surface area (Å²) in [5, 5.41) is 11.7. The lowest BCUT2D eigenvalue weighted by Crippen LogP contribution is -2.52. The van der Waals surface area contributed by atoms with Crippen LogP contribution in [0.4, 0.5) is 5.69 Å². The van der Waals surface area contributed by atoms with Gasteiger partial charge in [-0.3, -0.25) is 19.7 Å². The lowest BCUT2D eigenvalue weighted by Gasteiger charge is -2.34. The van der Waals surface area contributed by atoms with Crippen molar-refractivity contribution in [2.75, 3.05) is 25.1 Å². The fourth-order valence-electron chi connectivity index (χ4n) is 3.74. The molecule has 8 heteroatoms. The molecule has 2 N–H and O–H groups in total. The van der Waals surface area contributed by atoms with Crippen molar-refractivity contribution in [1.82, 2.24) is 10.2 Å². The quantitative estimate of drug-likeness (QED) is 0.710. The lowest BCUT2D eigenvalue weighted by molar-refractivity contribution is -0.136. The topological polar surface area (TPSA) is 99.2 Å². The molecule has 25 heavy (non-hydrogen) atoms. The molecule has 4 rings (SSSR count). The zero-order valence-electron chi connectivity index (χ0n) is 13.8. The maximum absolute atomic E-state index is 12.8. The minimum atomic E-state index is -0.650. The van der Waals surface area contributed by atoms with Crippen LogP contribution in [0.15, 0.2) is 12.1 Å². The first kappa shape index (κ1) is 15.9. The first-order valence-electron chi connectivity index (χ1n) is 8.28. The number of carbonyl (C=O) groups is 3. The Morgan fingerprint density at radius 3 is 2.84 bits per heavy atom. The minimum Gasteiger partial charge on any atom is -0.484 e. The molecule has 1 aromatic rings. The smallest absolute Gasteiger partial charge is 0.255 e. The Labute approximate surface area is 144 Å². The lowest BCUT2D eigenvalue weighted by atomic mass is 10.0. The number of likely N-dealkylation sites (N-methyl/N-ethyl adjacent to an activating group) is 1. The number of hydrogen-bond acceptors (Lipinski definition) is 6. The van der Waals surface area contributed by atoms with Crippen LogP contribution < -0.4 is 15.0 Å². The Morgan fingerprint density at radius 2 is 2.12 bits per heavy atom. The third-order valence-electron chi connectivity index (χ3n) is 5.02. The molecular formula is C17H19N3O5. The number of piperidine rings is 1. The molecule has 0 saturated carbocycles. The summed E-state index contributed by atoms with van der Waals surface area (Å²) in [6.07, 6.45) is 0.191. The highest BCUT2D eigenvalue weighted by Crippen LogP contribution is 2.42. The molecule has 3 aliphatic rings. The van der Waals surface area contributed by atoms with E-state index < -0.39 is 11.9 Å². The maximum Gasteiger partial charge on any atom is 0.255 e. The Bertz CT molecular complexity index is 778. The number of rotatable bonds is 2. The number of aliphatic hydroxyl groups excluding tert-OH is 1. The van der Waals surface area contributed by atoms with Gasteiger partial charge >= 0.3 is 0 Å². The van der Waals surface area contributed by atoms with Crippen LogP contribution >= 0.6 is 0 Å². The highest BCUT2D eigenvalue weighted by molar-refractivity contribution is 6.06. The van der Waals surface area contributed by atoms with Crippen LogP contribution in [-0.2, 0) is 16.1 Å². The normalized spacial score (nSPS) is 25.4. The van der Waals surface area contributed by atoms with Crippen molar-refractivity contribution >= 4 is 23.4 Å². The standard InChI is InChI=1S/C17H19N3O5/c1-19-6-9(8-21)25-15-11-7-20(13-4-5-14(22)18-16(13)23)17(24)10(11)2-3-12(15)19/h2-3,9,13,21H,4-8H2,1H3,(H,18,22,23)/t9-,13-/m0/s1. The van der Waals surface area contributed by atoms with Gasteiger partial charge in [0.2, 0.25) is 11.8 Å². The number of nitrogens with zero attached hydrogens (tertiary/aromatic N) is 2. The molecule has 1 aromatic carbocycles. The SMILES string of the molecule is CN1C[C@@H](CO)Oc2c1ccc1c2CN([C@H]2CCC(=O)NC2=O)C1=O. The van der Waals surface area contributed by atoms with E-state index in [0.29, 0.717) is 24.3 Å². The number of hydrogen-bond donors (Lipinski definition) is 2. The highest BCUT2D eigenvalue weighted by atomic mass is 16.5. The first-order chi connectivity index (χ1) is 12.0. The molecule has 132 valence electrons. The molecule has 0 spiro atoms. The number of aliphatic hydroxyl groups is 1. The largest absolute Gasteiger partial charge is 0.484 e. The van der Waals surface area contributed by atoms with Crippen LogP contribution in [0.2, 0.25) is 0 Å². The van der Waals surface area contributed by atoms with E-state index in [4.69, 9.17) is 4.74 Å². The molecule has 3 aliphatic heterocycles. The van der Waals surface area contributed by atoms with Gasteiger partial charge in [0.1, 0.15) is 17.9 Å². The van der Waals surface area contributed by atoms with E-state index in [1.54, 1.807) is 6.07 Å². The Hall–Kier alpha value is -2.61. The van der Waals surface area contributed by atoms with Crippen LogP contribution in [0, 0.1) is 0 Å². The molecule has 0 unspecified atom stereocenters. The van der Waals surface area contributed by atoms with Gasteiger partial charge in [-0.25, -0.2) is 0 Å². The van der Waals surface area contributed by atoms with Crippen molar-refractivity contribution in [3.05, 3.63) is 23.3 Å². The summed E-state index contributed by atoms with van der Waals surface area (Å²) in [6.45, 7) is 0.709. The number of imide groups is 1. The molecule has 3 heterocycles. The Morgan fingerprint density at radius 1 is 1.32 bits per heavy atom. The summed E-state index contributed by atoms with van der Waals surface area (Å²) in [5.41, 5.74) is 2.11. The van der Waals surface area contributed by atoms with Gasteiger partial charge in [0.05, 0.1) is 25.4 Å². The number of fused-ring (bicyclic) bond motifs is 3. The molecule has 0 radical (unpaired) electrons. The van der Waals surface area contributed by atoms with Crippen LogP contribution in [0.25, 0.3) is 0 Å². The van der Waals surface area contributed by atoms with E-state index in [1.165, 1.54) is 4.90 Å². The third kappa shape index (κ3) is 2.44. The van der Waals surface area contributed by atoms with Crippen LogP contribution in [0.5, 0.6) is 5.75 Å². The predicted octanol–water partition coefficient (Wildman–Crippen LogP) is -0.363. The third-order valence-corrected chi connectivity index (χ3v) is 5.02. The van der Waals surface area contributed by atoms with Crippen molar-refractivity contribution in [2.45, 2.75) is 31.5 Å². The van der Waals surface area contributed by atoms with Gasteiger partial charge in [0.15, 0.2) is 0 Å². The van der Waals surface area contributed by atoms with Crippen LogP contribution in [0.1, 0.15) is 28.8 Å². The molecule has 1 fully saturated rings. The first-order valence-corrected chi connectivity index (χ1v) is 8.28. The van der Waals surface area contributed by atoms with Gasteiger partial charge in [-0.05, 0) is 18.6 Å². The second-order valence-corrected chi connectivity index (χ2v) is 6.64. The molecule has 0 bridgehead atoms. The maximum atomic E-state index is 12.8. The summed E-state index contributed by atoms with van der Waals surface area (Å²) in [7, 11) is 1.91. The van der Waals surface area contributed by atoms with Crippen molar-refractivity contribution < 1.29 is 24.2 Å². The zero-order valence-corrected chi connectivity index (χ0v) is 13.8. The second kappa shape index (κ2) is 5.73. The van der Waals surface area contributed by atoms with Crippen molar-refractivity contribution in [2.24, 2.45) is 0 Å². The molecular weight excluding hydrogens is 326 g/mol. The number of benzene rings is 1. The van der Waals surface area contributed by atoms with E-state index in [2.05, 4.69) is 5.32 Å². The van der Waals surface area contributed by atoms with Crippen molar-refractivity contribution in [3.63, 3.8) is 0 Å². The average molecular weight is 345 g/mol. The molecule has 1 saturated heterocycles. The summed E-state index contributed by atoms with van der Waals surface area (Å²) in [6, 6.07) is 2.93. The number of amides is 3. The van der Waals surface area contributed by atoms with Crippen LogP contribution in [0.3, 0.4) is 0 Å². The van der Waals surface area contributed by atoms with Crippen molar-refractivity contribution in [1.29, 1.82) is 0 Å². The number of carbonyl (C=O) groups excluding carboxylic acids is 3. The van der Waals surface area contributed by atoms with E-state index in [0.717, 1.165) is 11.3 Å². The number of anilines is 1. The van der Waals surface area contributed by atoms with Crippen molar-refractivity contribution in [3.8, 4) is 5.75 Å². The Balaban J connectivity index is 1.68. The van der Waals surface area contributed by atoms with Gasteiger partial charge in [0, 0.05) is 24.6 Å². The molecule has 3 amide bonds.